The molecule has 1 aromatic carbocycles. The molecule has 0 bridgehead atoms. The van der Waals surface area contributed by atoms with Crippen molar-refractivity contribution in [1.82, 2.24) is 10.3 Å². The van der Waals surface area contributed by atoms with Crippen LogP contribution >= 0.6 is 0 Å². The van der Waals surface area contributed by atoms with E-state index in [1.807, 2.05) is 0 Å². The predicted molar refractivity (Wildman–Crippen MR) is 77.8 cm³/mol. The minimum atomic E-state index is -0.205. The van der Waals surface area contributed by atoms with Crippen LogP contribution in [-0.2, 0) is 6.54 Å². The van der Waals surface area contributed by atoms with Crippen molar-refractivity contribution in [3.05, 3.63) is 41.3 Å². The van der Waals surface area contributed by atoms with Gasteiger partial charge in [0, 0.05) is 17.6 Å². The number of nitrogens with zero attached hydrogens (tertiary/aromatic N) is 1. The van der Waals surface area contributed by atoms with Crippen LogP contribution in [-0.4, -0.2) is 11.5 Å². The van der Waals surface area contributed by atoms with Crippen molar-refractivity contribution < 1.29 is 4.39 Å². The van der Waals surface area contributed by atoms with Gasteiger partial charge in [0.25, 0.3) is 0 Å². The fourth-order valence-corrected chi connectivity index (χ4v) is 2.13. The van der Waals surface area contributed by atoms with Crippen molar-refractivity contribution >= 4 is 10.9 Å². The number of hydrogen-bond acceptors (Lipinski definition) is 2. The summed E-state index contributed by atoms with van der Waals surface area (Å²) < 4.78 is 13.4. The van der Waals surface area contributed by atoms with E-state index in [4.69, 9.17) is 0 Å². The Hall–Kier alpha value is -1.48. The number of pyridine rings is 1. The van der Waals surface area contributed by atoms with E-state index < -0.39 is 0 Å². The van der Waals surface area contributed by atoms with Crippen LogP contribution in [0.5, 0.6) is 0 Å². The maximum Gasteiger partial charge on any atom is 0.123 e. The Balaban J connectivity index is 2.46. The van der Waals surface area contributed by atoms with Crippen LogP contribution in [0.15, 0.2) is 24.3 Å². The number of fused-ring (bicyclic) bond motifs is 1. The molecule has 1 aromatic heterocycles. The lowest BCUT2D eigenvalue weighted by molar-refractivity contribution is 0.629. The van der Waals surface area contributed by atoms with Crippen molar-refractivity contribution in [3.63, 3.8) is 0 Å². The highest BCUT2D eigenvalue weighted by molar-refractivity contribution is 5.82. The SMILES string of the molecule is CCCNCc1cc(C(C)C)nc2ccc(F)cc12. The highest BCUT2D eigenvalue weighted by Gasteiger charge is 2.09. The molecule has 1 N–H and O–H groups in total. The van der Waals surface area contributed by atoms with E-state index in [9.17, 15) is 4.39 Å². The average molecular weight is 260 g/mol. The normalized spacial score (nSPS) is 11.4. The highest BCUT2D eigenvalue weighted by Crippen LogP contribution is 2.23. The Morgan fingerprint density at radius 1 is 1.26 bits per heavy atom. The lowest BCUT2D eigenvalue weighted by Gasteiger charge is -2.12. The third kappa shape index (κ3) is 3.29. The molecule has 0 aliphatic carbocycles. The Kier molecular flexibility index (Phi) is 4.48. The smallest absolute Gasteiger partial charge is 0.123 e. The Morgan fingerprint density at radius 3 is 2.74 bits per heavy atom. The van der Waals surface area contributed by atoms with Gasteiger partial charge in [0.05, 0.1) is 5.52 Å². The topological polar surface area (TPSA) is 24.9 Å². The largest absolute Gasteiger partial charge is 0.313 e. The van der Waals surface area contributed by atoms with Gasteiger partial charge in [-0.3, -0.25) is 4.98 Å². The summed E-state index contributed by atoms with van der Waals surface area (Å²) in [5, 5.41) is 4.29. The van der Waals surface area contributed by atoms with Crippen LogP contribution < -0.4 is 5.32 Å². The summed E-state index contributed by atoms with van der Waals surface area (Å²) in [4.78, 5) is 4.61. The third-order valence-electron chi connectivity index (χ3n) is 3.21. The number of halogens is 1. The summed E-state index contributed by atoms with van der Waals surface area (Å²) >= 11 is 0. The van der Waals surface area contributed by atoms with Gasteiger partial charge >= 0.3 is 0 Å². The molecule has 2 rings (SSSR count). The number of aromatic nitrogens is 1. The van der Waals surface area contributed by atoms with Crippen molar-refractivity contribution in [2.75, 3.05) is 6.54 Å². The van der Waals surface area contributed by atoms with Gasteiger partial charge in [-0.25, -0.2) is 4.39 Å². The monoisotopic (exact) mass is 260 g/mol. The summed E-state index contributed by atoms with van der Waals surface area (Å²) in [6.07, 6.45) is 1.09. The van der Waals surface area contributed by atoms with E-state index in [0.29, 0.717) is 5.92 Å². The average Bonchev–Trinajstić information content (AvgIpc) is 2.39. The van der Waals surface area contributed by atoms with Crippen LogP contribution in [0.25, 0.3) is 10.9 Å². The molecule has 0 amide bonds. The molecule has 0 radical (unpaired) electrons. The van der Waals surface area contributed by atoms with Gasteiger partial charge in [-0.15, -0.1) is 0 Å². The molecule has 0 aliphatic rings. The Labute approximate surface area is 114 Å². The van der Waals surface area contributed by atoms with Crippen LogP contribution in [0.3, 0.4) is 0 Å². The van der Waals surface area contributed by atoms with Gasteiger partial charge < -0.3 is 5.32 Å². The van der Waals surface area contributed by atoms with Crippen LogP contribution in [0.4, 0.5) is 4.39 Å². The maximum absolute atomic E-state index is 13.4. The van der Waals surface area contributed by atoms with Gasteiger partial charge in [0.1, 0.15) is 5.82 Å². The number of benzene rings is 1. The molecule has 2 nitrogen and oxygen atoms in total. The minimum absolute atomic E-state index is 0.205. The summed E-state index contributed by atoms with van der Waals surface area (Å²) in [6.45, 7) is 8.12. The lowest BCUT2D eigenvalue weighted by atomic mass is 10.0. The minimum Gasteiger partial charge on any atom is -0.313 e. The molecular formula is C16H21FN2. The van der Waals surface area contributed by atoms with Gasteiger partial charge in [0.15, 0.2) is 0 Å². The number of hydrogen-bond donors (Lipinski definition) is 1. The Bertz CT molecular complexity index is 564. The zero-order chi connectivity index (χ0) is 13.8. The van der Waals surface area contributed by atoms with E-state index in [2.05, 4.69) is 37.1 Å². The summed E-state index contributed by atoms with van der Waals surface area (Å²) in [5.41, 5.74) is 3.06. The molecule has 2 aromatic rings. The van der Waals surface area contributed by atoms with Crippen molar-refractivity contribution in [3.8, 4) is 0 Å². The first-order valence-corrected chi connectivity index (χ1v) is 6.91. The molecule has 0 spiro atoms. The first kappa shape index (κ1) is 13.9. The van der Waals surface area contributed by atoms with E-state index in [-0.39, 0.29) is 5.82 Å². The van der Waals surface area contributed by atoms with E-state index >= 15 is 0 Å². The quantitative estimate of drug-likeness (QED) is 0.822. The van der Waals surface area contributed by atoms with Crippen molar-refractivity contribution in [1.29, 1.82) is 0 Å². The van der Waals surface area contributed by atoms with Crippen LogP contribution in [0, 0.1) is 5.82 Å². The fraction of sp³-hybridized carbons (Fsp3) is 0.438. The second kappa shape index (κ2) is 6.11. The van der Waals surface area contributed by atoms with Crippen LogP contribution in [0.2, 0.25) is 0 Å². The summed E-state index contributed by atoms with van der Waals surface area (Å²) in [7, 11) is 0. The second-order valence-corrected chi connectivity index (χ2v) is 5.20. The predicted octanol–water partition coefficient (Wildman–Crippen LogP) is 4.00. The first-order chi connectivity index (χ1) is 9.11. The molecule has 0 saturated heterocycles. The molecular weight excluding hydrogens is 239 g/mol. The highest BCUT2D eigenvalue weighted by atomic mass is 19.1. The maximum atomic E-state index is 13.4. The van der Waals surface area contributed by atoms with E-state index in [1.165, 1.54) is 6.07 Å². The van der Waals surface area contributed by atoms with Gasteiger partial charge in [-0.2, -0.15) is 0 Å². The molecule has 0 aliphatic heterocycles. The van der Waals surface area contributed by atoms with Crippen LogP contribution in [0.1, 0.15) is 44.4 Å². The Morgan fingerprint density at radius 2 is 2.05 bits per heavy atom. The molecule has 0 unspecified atom stereocenters. The third-order valence-corrected chi connectivity index (χ3v) is 3.21. The molecule has 19 heavy (non-hydrogen) atoms. The van der Waals surface area contributed by atoms with E-state index in [0.717, 1.165) is 41.7 Å². The van der Waals surface area contributed by atoms with Crippen molar-refractivity contribution in [2.45, 2.75) is 39.7 Å². The molecule has 3 heteroatoms. The molecule has 102 valence electrons. The molecule has 0 saturated carbocycles. The molecule has 0 fully saturated rings. The molecule has 1 heterocycles. The molecule has 0 atom stereocenters. The first-order valence-electron chi connectivity index (χ1n) is 6.91. The van der Waals surface area contributed by atoms with Gasteiger partial charge in [-0.05, 0) is 48.7 Å². The summed E-state index contributed by atoms with van der Waals surface area (Å²) in [6, 6.07) is 6.91. The lowest BCUT2D eigenvalue weighted by Crippen LogP contribution is -2.14. The van der Waals surface area contributed by atoms with E-state index in [1.54, 1.807) is 12.1 Å². The zero-order valence-electron chi connectivity index (χ0n) is 11.8. The van der Waals surface area contributed by atoms with Crippen molar-refractivity contribution in [2.24, 2.45) is 0 Å². The number of rotatable bonds is 5. The zero-order valence-corrected chi connectivity index (χ0v) is 11.8. The number of nitrogens with one attached hydrogen (secondary N) is 1. The summed E-state index contributed by atoms with van der Waals surface area (Å²) in [5.74, 6) is 0.169. The van der Waals surface area contributed by atoms with Gasteiger partial charge in [-0.1, -0.05) is 20.8 Å². The fourth-order valence-electron chi connectivity index (χ4n) is 2.13. The standard InChI is InChI=1S/C16H21FN2/c1-4-7-18-10-12-8-16(11(2)3)19-15-6-5-13(17)9-14(12)15/h5-6,8-9,11,18H,4,7,10H2,1-3H3. The second-order valence-electron chi connectivity index (χ2n) is 5.20. The van der Waals surface area contributed by atoms with Gasteiger partial charge in [0.2, 0.25) is 0 Å².